The number of rotatable bonds is 1. The molecule has 0 fully saturated rings. The summed E-state index contributed by atoms with van der Waals surface area (Å²) in [6, 6.07) is 10.8. The van der Waals surface area contributed by atoms with E-state index >= 15 is 0 Å². The van der Waals surface area contributed by atoms with Crippen molar-refractivity contribution in [1.29, 1.82) is 0 Å². The summed E-state index contributed by atoms with van der Waals surface area (Å²) >= 11 is 0. The zero-order chi connectivity index (χ0) is 11.8. The van der Waals surface area contributed by atoms with Crippen molar-refractivity contribution in [3.8, 4) is 0 Å². The average molecular weight is 224 g/mol. The zero-order valence-corrected chi connectivity index (χ0v) is 10.3. The van der Waals surface area contributed by atoms with Crippen LogP contribution < -0.4 is 4.90 Å². The van der Waals surface area contributed by atoms with Gasteiger partial charge in [-0.05, 0) is 42.2 Å². The Bertz CT molecular complexity index is 536. The van der Waals surface area contributed by atoms with Gasteiger partial charge < -0.3 is 4.90 Å². The van der Waals surface area contributed by atoms with E-state index in [1.807, 2.05) is 6.20 Å². The number of anilines is 1. The fourth-order valence-electron chi connectivity index (χ4n) is 2.28. The van der Waals surface area contributed by atoms with Crippen molar-refractivity contribution >= 4 is 5.82 Å². The molecule has 1 aliphatic heterocycles. The van der Waals surface area contributed by atoms with Gasteiger partial charge in [-0.3, -0.25) is 0 Å². The van der Waals surface area contributed by atoms with Crippen molar-refractivity contribution < 1.29 is 0 Å². The highest BCUT2D eigenvalue weighted by Crippen LogP contribution is 2.27. The Morgan fingerprint density at radius 2 is 1.65 bits per heavy atom. The number of hydrogen-bond donors (Lipinski definition) is 0. The average Bonchev–Trinajstić information content (AvgIpc) is 2.76. The summed E-state index contributed by atoms with van der Waals surface area (Å²) < 4.78 is 0. The quantitative estimate of drug-likeness (QED) is 0.739. The molecule has 0 bridgehead atoms. The van der Waals surface area contributed by atoms with Crippen molar-refractivity contribution in [3.05, 3.63) is 58.8 Å². The van der Waals surface area contributed by atoms with E-state index in [9.17, 15) is 0 Å². The molecular weight excluding hydrogens is 208 g/mol. The fraction of sp³-hybridized carbons (Fsp3) is 0.267. The maximum absolute atomic E-state index is 4.53. The van der Waals surface area contributed by atoms with E-state index in [0.717, 1.165) is 18.9 Å². The topological polar surface area (TPSA) is 16.1 Å². The Kier molecular flexibility index (Phi) is 2.36. The summed E-state index contributed by atoms with van der Waals surface area (Å²) in [5.74, 6) is 1.09. The molecule has 86 valence electrons. The summed E-state index contributed by atoms with van der Waals surface area (Å²) in [5, 5.41) is 0. The Morgan fingerprint density at radius 1 is 1.00 bits per heavy atom. The third-order valence-corrected chi connectivity index (χ3v) is 3.52. The third-order valence-electron chi connectivity index (χ3n) is 3.52. The van der Waals surface area contributed by atoms with Crippen LogP contribution in [0.3, 0.4) is 0 Å². The van der Waals surface area contributed by atoms with Gasteiger partial charge in [-0.15, -0.1) is 0 Å². The summed E-state index contributed by atoms with van der Waals surface area (Å²) in [6.45, 7) is 6.20. The first-order valence-electron chi connectivity index (χ1n) is 5.99. The third kappa shape index (κ3) is 1.80. The van der Waals surface area contributed by atoms with Gasteiger partial charge in [-0.1, -0.05) is 24.3 Å². The number of fused-ring (bicyclic) bond motifs is 1. The van der Waals surface area contributed by atoms with Gasteiger partial charge in [0, 0.05) is 19.3 Å². The highest BCUT2D eigenvalue weighted by atomic mass is 15.2. The fourth-order valence-corrected chi connectivity index (χ4v) is 2.28. The van der Waals surface area contributed by atoms with Crippen LogP contribution in [-0.4, -0.2) is 4.98 Å². The van der Waals surface area contributed by atoms with Crippen molar-refractivity contribution in [2.75, 3.05) is 4.90 Å². The van der Waals surface area contributed by atoms with Crippen molar-refractivity contribution in [1.82, 2.24) is 4.98 Å². The van der Waals surface area contributed by atoms with Crippen LogP contribution in [0.2, 0.25) is 0 Å². The maximum Gasteiger partial charge on any atom is 0.129 e. The Balaban J connectivity index is 1.91. The van der Waals surface area contributed by atoms with E-state index in [-0.39, 0.29) is 0 Å². The van der Waals surface area contributed by atoms with E-state index in [1.165, 1.54) is 22.3 Å². The Hall–Kier alpha value is -1.83. The molecule has 0 N–H and O–H groups in total. The summed E-state index contributed by atoms with van der Waals surface area (Å²) in [5.41, 5.74) is 5.41. The van der Waals surface area contributed by atoms with Crippen LogP contribution in [0.15, 0.2) is 36.5 Å². The molecule has 0 spiro atoms. The minimum absolute atomic E-state index is 0.978. The standard InChI is InChI=1S/C15H16N2/c1-11-7-15(16-8-12(11)2)17-9-13-5-3-4-6-14(13)10-17/h3-8H,9-10H2,1-2H3. The first-order chi connectivity index (χ1) is 8.24. The van der Waals surface area contributed by atoms with Gasteiger partial charge in [-0.2, -0.15) is 0 Å². The van der Waals surface area contributed by atoms with E-state index < -0.39 is 0 Å². The van der Waals surface area contributed by atoms with E-state index in [2.05, 4.69) is 54.1 Å². The summed E-state index contributed by atoms with van der Waals surface area (Å²) in [7, 11) is 0. The lowest BCUT2D eigenvalue weighted by atomic mass is 10.1. The minimum Gasteiger partial charge on any atom is -0.348 e. The van der Waals surface area contributed by atoms with Crippen LogP contribution >= 0.6 is 0 Å². The lowest BCUT2D eigenvalue weighted by Crippen LogP contribution is -2.16. The molecule has 3 rings (SSSR count). The van der Waals surface area contributed by atoms with Gasteiger partial charge >= 0.3 is 0 Å². The van der Waals surface area contributed by atoms with Gasteiger partial charge in [0.05, 0.1) is 0 Å². The van der Waals surface area contributed by atoms with Gasteiger partial charge in [0.15, 0.2) is 0 Å². The molecule has 0 saturated carbocycles. The van der Waals surface area contributed by atoms with E-state index in [1.54, 1.807) is 0 Å². The largest absolute Gasteiger partial charge is 0.348 e. The van der Waals surface area contributed by atoms with Crippen molar-refractivity contribution in [2.45, 2.75) is 26.9 Å². The lowest BCUT2D eigenvalue weighted by molar-refractivity contribution is 0.854. The molecule has 1 aromatic heterocycles. The number of pyridine rings is 1. The van der Waals surface area contributed by atoms with Crippen molar-refractivity contribution in [2.24, 2.45) is 0 Å². The predicted octanol–water partition coefficient (Wildman–Crippen LogP) is 3.22. The van der Waals surface area contributed by atoms with Crippen LogP contribution in [0.1, 0.15) is 22.3 Å². The second-order valence-electron chi connectivity index (χ2n) is 4.75. The second-order valence-corrected chi connectivity index (χ2v) is 4.75. The van der Waals surface area contributed by atoms with Crippen LogP contribution in [-0.2, 0) is 13.1 Å². The number of benzene rings is 1. The molecule has 2 heterocycles. The normalized spacial score (nSPS) is 13.9. The lowest BCUT2D eigenvalue weighted by Gasteiger charge is -2.17. The minimum atomic E-state index is 0.978. The van der Waals surface area contributed by atoms with Crippen LogP contribution in [0, 0.1) is 13.8 Å². The summed E-state index contributed by atoms with van der Waals surface area (Å²) in [4.78, 5) is 6.86. The number of aryl methyl sites for hydroxylation is 2. The molecule has 2 aromatic rings. The van der Waals surface area contributed by atoms with Gasteiger partial charge in [-0.25, -0.2) is 4.98 Å². The van der Waals surface area contributed by atoms with Crippen LogP contribution in [0.25, 0.3) is 0 Å². The van der Waals surface area contributed by atoms with Crippen molar-refractivity contribution in [3.63, 3.8) is 0 Å². The highest BCUT2D eigenvalue weighted by molar-refractivity contribution is 5.49. The monoisotopic (exact) mass is 224 g/mol. The first kappa shape index (κ1) is 10.3. The molecule has 0 aliphatic carbocycles. The molecule has 0 radical (unpaired) electrons. The smallest absolute Gasteiger partial charge is 0.129 e. The molecule has 0 amide bonds. The number of aromatic nitrogens is 1. The molecule has 0 unspecified atom stereocenters. The molecule has 0 saturated heterocycles. The van der Waals surface area contributed by atoms with Gasteiger partial charge in [0.1, 0.15) is 5.82 Å². The molecule has 1 aliphatic rings. The molecular formula is C15H16N2. The Labute approximate surface area is 102 Å². The molecule has 17 heavy (non-hydrogen) atoms. The Morgan fingerprint density at radius 3 is 2.24 bits per heavy atom. The molecule has 0 atom stereocenters. The van der Waals surface area contributed by atoms with E-state index in [4.69, 9.17) is 0 Å². The molecule has 2 heteroatoms. The zero-order valence-electron chi connectivity index (χ0n) is 10.3. The number of nitrogens with zero attached hydrogens (tertiary/aromatic N) is 2. The van der Waals surface area contributed by atoms with E-state index in [0.29, 0.717) is 0 Å². The number of hydrogen-bond acceptors (Lipinski definition) is 2. The van der Waals surface area contributed by atoms with Crippen LogP contribution in [0.5, 0.6) is 0 Å². The van der Waals surface area contributed by atoms with Gasteiger partial charge in [0.2, 0.25) is 0 Å². The van der Waals surface area contributed by atoms with Crippen LogP contribution in [0.4, 0.5) is 5.82 Å². The van der Waals surface area contributed by atoms with Gasteiger partial charge in [0.25, 0.3) is 0 Å². The SMILES string of the molecule is Cc1cnc(N2Cc3ccccc3C2)cc1C. The second kappa shape index (κ2) is 3.88. The molecule has 2 nitrogen and oxygen atoms in total. The first-order valence-corrected chi connectivity index (χ1v) is 5.99. The highest BCUT2D eigenvalue weighted by Gasteiger charge is 2.19. The maximum atomic E-state index is 4.53. The summed E-state index contributed by atoms with van der Waals surface area (Å²) in [6.07, 6.45) is 1.97. The molecule has 1 aromatic carbocycles. The predicted molar refractivity (Wildman–Crippen MR) is 70.0 cm³/mol.